The van der Waals surface area contributed by atoms with Gasteiger partial charge in [-0.1, -0.05) is 23.5 Å². The standard InChI is InChI=1S/C19H15N5O2S/c25-16(20-12-9-10-12)11-5-7-13(8-6-11)21-18-23-24-17(26)14-3-1-2-4-15(14)22-19(24)27-18/h1-8,12H,9-10H2,(H,20,25)(H,21,23). The number of hydrogen-bond acceptors (Lipinski definition) is 6. The number of anilines is 2. The molecule has 7 nitrogen and oxygen atoms in total. The molecule has 1 fully saturated rings. The lowest BCUT2D eigenvalue weighted by molar-refractivity contribution is 0.0951. The molecule has 2 heterocycles. The molecule has 0 aliphatic heterocycles. The first-order valence-corrected chi connectivity index (χ1v) is 9.45. The number of benzene rings is 2. The quantitative estimate of drug-likeness (QED) is 0.571. The Bertz CT molecular complexity index is 1220. The number of hydrogen-bond donors (Lipinski definition) is 2. The van der Waals surface area contributed by atoms with Gasteiger partial charge in [0.15, 0.2) is 0 Å². The van der Waals surface area contributed by atoms with E-state index in [1.165, 1.54) is 15.9 Å². The zero-order valence-corrected chi connectivity index (χ0v) is 15.0. The highest BCUT2D eigenvalue weighted by molar-refractivity contribution is 7.20. The van der Waals surface area contributed by atoms with Gasteiger partial charge < -0.3 is 10.6 Å². The highest BCUT2D eigenvalue weighted by Crippen LogP contribution is 2.23. The fourth-order valence-corrected chi connectivity index (χ4v) is 3.65. The monoisotopic (exact) mass is 377 g/mol. The van der Waals surface area contributed by atoms with Crippen molar-refractivity contribution in [3.8, 4) is 0 Å². The van der Waals surface area contributed by atoms with E-state index >= 15 is 0 Å². The Morgan fingerprint density at radius 2 is 1.89 bits per heavy atom. The zero-order valence-electron chi connectivity index (χ0n) is 14.2. The average molecular weight is 377 g/mol. The van der Waals surface area contributed by atoms with Crippen molar-refractivity contribution >= 4 is 43.9 Å². The molecule has 2 aromatic carbocycles. The summed E-state index contributed by atoms with van der Waals surface area (Å²) in [5.41, 5.74) is 1.88. The third-order valence-electron chi connectivity index (χ3n) is 4.41. The number of para-hydroxylation sites is 1. The second-order valence-corrected chi connectivity index (χ2v) is 7.44. The van der Waals surface area contributed by atoms with Gasteiger partial charge in [-0.05, 0) is 49.2 Å². The lowest BCUT2D eigenvalue weighted by atomic mass is 10.2. The van der Waals surface area contributed by atoms with Crippen LogP contribution in [0.4, 0.5) is 10.8 Å². The number of fused-ring (bicyclic) bond motifs is 2. The lowest BCUT2D eigenvalue weighted by Crippen LogP contribution is -2.25. The van der Waals surface area contributed by atoms with Gasteiger partial charge in [0, 0.05) is 17.3 Å². The van der Waals surface area contributed by atoms with Crippen molar-refractivity contribution in [2.75, 3.05) is 5.32 Å². The van der Waals surface area contributed by atoms with Gasteiger partial charge in [0.25, 0.3) is 11.5 Å². The van der Waals surface area contributed by atoms with Gasteiger partial charge in [-0.15, -0.1) is 5.10 Å². The number of carbonyl (C=O) groups excluding carboxylic acids is 1. The Hall–Kier alpha value is -3.26. The van der Waals surface area contributed by atoms with Crippen molar-refractivity contribution in [1.82, 2.24) is 19.9 Å². The van der Waals surface area contributed by atoms with E-state index < -0.39 is 0 Å². The van der Waals surface area contributed by atoms with E-state index in [9.17, 15) is 9.59 Å². The van der Waals surface area contributed by atoms with E-state index in [0.29, 0.717) is 32.6 Å². The number of carbonyl (C=O) groups is 1. The smallest absolute Gasteiger partial charge is 0.283 e. The van der Waals surface area contributed by atoms with Crippen molar-refractivity contribution in [1.29, 1.82) is 0 Å². The molecule has 2 N–H and O–H groups in total. The van der Waals surface area contributed by atoms with Crippen LogP contribution in [0.3, 0.4) is 0 Å². The van der Waals surface area contributed by atoms with Crippen LogP contribution >= 0.6 is 11.3 Å². The summed E-state index contributed by atoms with van der Waals surface area (Å²) in [6, 6.07) is 14.7. The van der Waals surface area contributed by atoms with Crippen LogP contribution in [0.1, 0.15) is 23.2 Å². The normalized spacial score (nSPS) is 13.8. The minimum absolute atomic E-state index is 0.0496. The Kier molecular flexibility index (Phi) is 3.64. The Morgan fingerprint density at radius 3 is 2.67 bits per heavy atom. The topological polar surface area (TPSA) is 88.4 Å². The van der Waals surface area contributed by atoms with E-state index in [0.717, 1.165) is 18.5 Å². The summed E-state index contributed by atoms with van der Waals surface area (Å²) >= 11 is 1.30. The molecule has 4 aromatic rings. The van der Waals surface area contributed by atoms with Gasteiger partial charge in [-0.2, -0.15) is 4.52 Å². The summed E-state index contributed by atoms with van der Waals surface area (Å²) in [5, 5.41) is 11.6. The minimum atomic E-state index is -0.188. The third kappa shape index (κ3) is 3.04. The number of nitrogens with one attached hydrogen (secondary N) is 2. The van der Waals surface area contributed by atoms with Gasteiger partial charge in [0.2, 0.25) is 10.1 Å². The number of rotatable bonds is 4. The van der Waals surface area contributed by atoms with Gasteiger partial charge in [-0.3, -0.25) is 9.59 Å². The summed E-state index contributed by atoms with van der Waals surface area (Å²) in [5.74, 6) is -0.0496. The number of aromatic nitrogens is 3. The van der Waals surface area contributed by atoms with Crippen molar-refractivity contribution in [3.05, 3.63) is 64.4 Å². The number of amides is 1. The predicted molar refractivity (Wildman–Crippen MR) is 105 cm³/mol. The second-order valence-electron chi connectivity index (χ2n) is 6.49. The van der Waals surface area contributed by atoms with E-state index in [2.05, 4.69) is 20.7 Å². The summed E-state index contributed by atoms with van der Waals surface area (Å²) in [4.78, 5) is 29.6. The predicted octanol–water partition coefficient (Wildman–Crippen LogP) is 2.94. The summed E-state index contributed by atoms with van der Waals surface area (Å²) in [6.45, 7) is 0. The first-order valence-electron chi connectivity index (χ1n) is 8.64. The third-order valence-corrected chi connectivity index (χ3v) is 5.24. The van der Waals surface area contributed by atoms with Crippen molar-refractivity contribution < 1.29 is 4.79 Å². The van der Waals surface area contributed by atoms with Crippen LogP contribution in [0.25, 0.3) is 15.9 Å². The second kappa shape index (κ2) is 6.17. The zero-order chi connectivity index (χ0) is 18.4. The minimum Gasteiger partial charge on any atom is -0.349 e. The molecule has 1 saturated carbocycles. The lowest BCUT2D eigenvalue weighted by Gasteiger charge is -2.05. The molecule has 0 radical (unpaired) electrons. The molecule has 0 saturated heterocycles. The molecule has 0 bridgehead atoms. The molecule has 0 spiro atoms. The Morgan fingerprint density at radius 1 is 1.11 bits per heavy atom. The maximum atomic E-state index is 12.6. The Balaban J connectivity index is 1.42. The summed E-state index contributed by atoms with van der Waals surface area (Å²) in [6.07, 6.45) is 2.12. The molecule has 0 atom stereocenters. The number of nitrogens with zero attached hydrogens (tertiary/aromatic N) is 3. The van der Waals surface area contributed by atoms with Crippen LogP contribution < -0.4 is 16.2 Å². The first kappa shape index (κ1) is 16.0. The SMILES string of the molecule is O=C(NC1CC1)c1ccc(Nc2nn3c(=O)c4ccccc4nc3s2)cc1. The van der Waals surface area contributed by atoms with Gasteiger partial charge >= 0.3 is 0 Å². The molecule has 2 aromatic heterocycles. The molecule has 1 aliphatic rings. The van der Waals surface area contributed by atoms with E-state index in [1.54, 1.807) is 18.2 Å². The first-order chi connectivity index (χ1) is 13.2. The molecule has 27 heavy (non-hydrogen) atoms. The highest BCUT2D eigenvalue weighted by atomic mass is 32.1. The van der Waals surface area contributed by atoms with Crippen molar-refractivity contribution in [2.24, 2.45) is 0 Å². The maximum absolute atomic E-state index is 12.6. The van der Waals surface area contributed by atoms with Gasteiger partial charge in [-0.25, -0.2) is 4.98 Å². The molecule has 5 rings (SSSR count). The maximum Gasteiger partial charge on any atom is 0.283 e. The van der Waals surface area contributed by atoms with Gasteiger partial charge in [0.1, 0.15) is 0 Å². The Labute approximate surface area is 157 Å². The molecule has 8 heteroatoms. The van der Waals surface area contributed by atoms with Crippen LogP contribution in [-0.4, -0.2) is 26.5 Å². The molecule has 1 amide bonds. The van der Waals surface area contributed by atoms with Crippen molar-refractivity contribution in [3.63, 3.8) is 0 Å². The van der Waals surface area contributed by atoms with E-state index in [1.807, 2.05) is 30.3 Å². The fourth-order valence-electron chi connectivity index (χ4n) is 2.83. The molecular weight excluding hydrogens is 362 g/mol. The molecule has 0 unspecified atom stereocenters. The van der Waals surface area contributed by atoms with Gasteiger partial charge in [0.05, 0.1) is 10.9 Å². The van der Waals surface area contributed by atoms with E-state index in [4.69, 9.17) is 0 Å². The van der Waals surface area contributed by atoms with Crippen LogP contribution in [0.15, 0.2) is 53.3 Å². The molecule has 1 aliphatic carbocycles. The summed E-state index contributed by atoms with van der Waals surface area (Å²) in [7, 11) is 0. The molecular formula is C19H15N5O2S. The average Bonchev–Trinajstić information content (AvgIpc) is 3.40. The van der Waals surface area contributed by atoms with Crippen LogP contribution in [0, 0.1) is 0 Å². The highest BCUT2D eigenvalue weighted by Gasteiger charge is 2.23. The van der Waals surface area contributed by atoms with Crippen LogP contribution in [0.5, 0.6) is 0 Å². The van der Waals surface area contributed by atoms with Crippen LogP contribution in [-0.2, 0) is 0 Å². The van der Waals surface area contributed by atoms with E-state index in [-0.39, 0.29) is 11.5 Å². The van der Waals surface area contributed by atoms with Crippen molar-refractivity contribution in [2.45, 2.75) is 18.9 Å². The van der Waals surface area contributed by atoms with Crippen LogP contribution in [0.2, 0.25) is 0 Å². The molecule has 134 valence electrons. The fraction of sp³-hybridized carbons (Fsp3) is 0.158. The largest absolute Gasteiger partial charge is 0.349 e. The summed E-state index contributed by atoms with van der Waals surface area (Å²) < 4.78 is 1.31.